The predicted molar refractivity (Wildman–Crippen MR) is 233 cm³/mol. The molecule has 0 bridgehead atoms. The summed E-state index contributed by atoms with van der Waals surface area (Å²) < 4.78 is 6.89. The van der Waals surface area contributed by atoms with E-state index in [4.69, 9.17) is 4.98 Å². The molecule has 4 heteroatoms. The lowest BCUT2D eigenvalue weighted by Crippen LogP contribution is -2.29. The molecule has 0 N–H and O–H groups in total. The number of benzene rings is 7. The lowest BCUT2D eigenvalue weighted by Gasteiger charge is -2.34. The first-order valence-corrected chi connectivity index (χ1v) is 19.9. The third kappa shape index (κ3) is 4.87. The van der Waals surface area contributed by atoms with Gasteiger partial charge in [-0.25, -0.2) is 9.55 Å². The van der Waals surface area contributed by atoms with Crippen molar-refractivity contribution in [3.8, 4) is 33.8 Å². The van der Waals surface area contributed by atoms with E-state index in [1.165, 1.54) is 71.9 Å². The zero-order valence-electron chi connectivity index (χ0n) is 32.3. The van der Waals surface area contributed by atoms with Crippen LogP contribution in [0.25, 0.3) is 66.6 Å². The Labute approximate surface area is 332 Å². The summed E-state index contributed by atoms with van der Waals surface area (Å²) in [6.07, 6.45) is 4.16. The molecule has 0 fully saturated rings. The van der Waals surface area contributed by atoms with Crippen LogP contribution < -0.4 is 4.57 Å². The van der Waals surface area contributed by atoms with E-state index >= 15 is 0 Å². The first kappa shape index (κ1) is 33.3. The Kier molecular flexibility index (Phi) is 7.45. The second-order valence-corrected chi connectivity index (χ2v) is 15.7. The molecule has 4 nitrogen and oxygen atoms in total. The highest BCUT2D eigenvalue weighted by Gasteiger charge is 2.46. The summed E-state index contributed by atoms with van der Waals surface area (Å²) in [7, 11) is 2.12. The molecule has 0 unspecified atom stereocenters. The Morgan fingerprint density at radius 1 is 0.544 bits per heavy atom. The van der Waals surface area contributed by atoms with E-state index in [1.54, 1.807) is 0 Å². The molecule has 272 valence electrons. The van der Waals surface area contributed by atoms with Crippen LogP contribution in [0.1, 0.15) is 47.6 Å². The highest BCUT2D eigenvalue weighted by Crippen LogP contribution is 2.56. The summed E-state index contributed by atoms with van der Waals surface area (Å²) in [5.74, 6) is 1.31. The molecule has 3 heterocycles. The highest BCUT2D eigenvalue weighted by atomic mass is 15.1. The van der Waals surface area contributed by atoms with Gasteiger partial charge in [-0.15, -0.1) is 0 Å². The van der Waals surface area contributed by atoms with Gasteiger partial charge in [-0.1, -0.05) is 141 Å². The van der Waals surface area contributed by atoms with E-state index in [0.717, 1.165) is 22.5 Å². The quantitative estimate of drug-likeness (QED) is 0.156. The van der Waals surface area contributed by atoms with Crippen LogP contribution in [0.4, 0.5) is 0 Å². The third-order valence-electron chi connectivity index (χ3n) is 12.3. The first-order chi connectivity index (χ1) is 28.0. The second-order valence-electron chi connectivity index (χ2n) is 15.7. The molecule has 0 aliphatic heterocycles. The predicted octanol–water partition coefficient (Wildman–Crippen LogP) is 12.1. The van der Waals surface area contributed by atoms with Gasteiger partial charge in [0.25, 0.3) is 0 Å². The number of hydrogen-bond donors (Lipinski definition) is 0. The maximum absolute atomic E-state index is 5.09. The van der Waals surface area contributed by atoms with Gasteiger partial charge in [0.1, 0.15) is 11.5 Å². The molecule has 0 atom stereocenters. The first-order valence-electron chi connectivity index (χ1n) is 19.9. The van der Waals surface area contributed by atoms with Crippen LogP contribution in [-0.2, 0) is 12.5 Å². The Balaban J connectivity index is 1.20. The van der Waals surface area contributed by atoms with E-state index in [9.17, 15) is 0 Å². The molecule has 1 aliphatic carbocycles. The van der Waals surface area contributed by atoms with Crippen molar-refractivity contribution in [2.24, 2.45) is 7.05 Å². The fourth-order valence-electron chi connectivity index (χ4n) is 9.80. The average molecular weight is 734 g/mol. The molecule has 0 radical (unpaired) electrons. The fraction of sp³-hybridized carbons (Fsp3) is 0.0943. The van der Waals surface area contributed by atoms with Crippen molar-refractivity contribution in [1.29, 1.82) is 0 Å². The van der Waals surface area contributed by atoms with Crippen LogP contribution in [0.3, 0.4) is 0 Å². The van der Waals surface area contributed by atoms with Crippen molar-refractivity contribution < 1.29 is 4.57 Å². The minimum Gasteiger partial charge on any atom is -0.294 e. The molecule has 1 aliphatic rings. The number of nitrogens with zero attached hydrogens (tertiary/aromatic N) is 4. The van der Waals surface area contributed by atoms with Gasteiger partial charge < -0.3 is 0 Å². The molecular weight excluding hydrogens is 693 g/mol. The third-order valence-corrected chi connectivity index (χ3v) is 12.3. The van der Waals surface area contributed by atoms with Crippen LogP contribution in [0, 0.1) is 0 Å². The van der Waals surface area contributed by atoms with Crippen LogP contribution in [0.5, 0.6) is 0 Å². The number of para-hydroxylation sites is 3. The zero-order chi connectivity index (χ0) is 38.3. The van der Waals surface area contributed by atoms with Crippen molar-refractivity contribution in [2.75, 3.05) is 0 Å². The van der Waals surface area contributed by atoms with Crippen LogP contribution >= 0.6 is 0 Å². The van der Waals surface area contributed by atoms with Gasteiger partial charge in [0.05, 0.1) is 23.5 Å². The maximum Gasteiger partial charge on any atom is 0.249 e. The Morgan fingerprint density at radius 2 is 1.19 bits per heavy atom. The van der Waals surface area contributed by atoms with E-state index < -0.39 is 5.41 Å². The smallest absolute Gasteiger partial charge is 0.249 e. The molecule has 0 spiro atoms. The summed E-state index contributed by atoms with van der Waals surface area (Å²) in [6, 6.07) is 64.9. The Hall–Kier alpha value is -7.04. The maximum atomic E-state index is 5.09. The lowest BCUT2D eigenvalue weighted by molar-refractivity contribution is -0.645. The molecule has 57 heavy (non-hydrogen) atoms. The Bertz CT molecular complexity index is 3150. The normalized spacial score (nSPS) is 13.1. The summed E-state index contributed by atoms with van der Waals surface area (Å²) >= 11 is 0. The van der Waals surface area contributed by atoms with Gasteiger partial charge in [-0.05, 0) is 105 Å². The number of imidazole rings is 1. The number of aryl methyl sites for hydroxylation is 1. The SMILES string of the molecule is CC(C)c1ccccc1-c1ccnc(-n2c3ccccc3c3ccc(C4(c5cccc(-n6c[n+](C)c7ccccc76)c5)c5ccccc5-c5ccccc54)cc32)c1. The van der Waals surface area contributed by atoms with Crippen molar-refractivity contribution in [3.63, 3.8) is 0 Å². The van der Waals surface area contributed by atoms with E-state index in [2.05, 4.69) is 217 Å². The number of rotatable bonds is 6. The zero-order valence-corrected chi connectivity index (χ0v) is 32.3. The van der Waals surface area contributed by atoms with Crippen LogP contribution in [-0.4, -0.2) is 14.1 Å². The molecule has 0 saturated heterocycles. The number of aromatic nitrogens is 4. The minimum atomic E-state index is -0.588. The van der Waals surface area contributed by atoms with Gasteiger partial charge in [0.2, 0.25) is 6.33 Å². The molecule has 3 aromatic heterocycles. The molecular formula is C53H41N4+. The largest absolute Gasteiger partial charge is 0.294 e. The van der Waals surface area contributed by atoms with Gasteiger partial charge in [-0.2, -0.15) is 4.57 Å². The van der Waals surface area contributed by atoms with Gasteiger partial charge in [0.15, 0.2) is 11.0 Å². The number of pyridine rings is 1. The molecule has 0 amide bonds. The monoisotopic (exact) mass is 733 g/mol. The standard InChI is InChI=1S/C53H41N4/c1-35(2)40-17-4-5-18-41(40)36-29-30-54-52(31-36)57-48-24-11-8-21-44(48)45-28-27-38(33-51(45)57)53(46-22-9-6-19-42(46)43-20-7-10-23-47(43)53)37-15-14-16-39(32-37)56-34-55(3)49-25-12-13-26-50(49)56/h4-35H,1-3H3/q+1. The van der Waals surface area contributed by atoms with Gasteiger partial charge in [0, 0.05) is 17.0 Å². The summed E-state index contributed by atoms with van der Waals surface area (Å²) in [5.41, 5.74) is 16.5. The van der Waals surface area contributed by atoms with Crippen molar-refractivity contribution in [2.45, 2.75) is 25.2 Å². The Morgan fingerprint density at radius 3 is 1.98 bits per heavy atom. The topological polar surface area (TPSA) is 26.6 Å². The summed E-state index contributed by atoms with van der Waals surface area (Å²) in [5, 5.41) is 2.42. The lowest BCUT2D eigenvalue weighted by atomic mass is 9.67. The fourth-order valence-corrected chi connectivity index (χ4v) is 9.80. The molecule has 11 rings (SSSR count). The summed E-state index contributed by atoms with van der Waals surface area (Å²) in [6.45, 7) is 4.53. The van der Waals surface area contributed by atoms with Crippen LogP contribution in [0.2, 0.25) is 0 Å². The minimum absolute atomic E-state index is 0.402. The van der Waals surface area contributed by atoms with E-state index in [0.29, 0.717) is 5.92 Å². The second kappa shape index (κ2) is 12.8. The summed E-state index contributed by atoms with van der Waals surface area (Å²) in [4.78, 5) is 5.09. The molecule has 0 saturated carbocycles. The van der Waals surface area contributed by atoms with Crippen molar-refractivity contribution in [1.82, 2.24) is 14.1 Å². The van der Waals surface area contributed by atoms with E-state index in [-0.39, 0.29) is 0 Å². The van der Waals surface area contributed by atoms with Crippen molar-refractivity contribution >= 4 is 32.8 Å². The number of hydrogen-bond acceptors (Lipinski definition) is 1. The number of fused-ring (bicyclic) bond motifs is 7. The molecule has 7 aromatic carbocycles. The van der Waals surface area contributed by atoms with Crippen LogP contribution in [0.15, 0.2) is 188 Å². The van der Waals surface area contributed by atoms with Gasteiger partial charge >= 0.3 is 0 Å². The van der Waals surface area contributed by atoms with Crippen molar-refractivity contribution in [3.05, 3.63) is 216 Å². The van der Waals surface area contributed by atoms with E-state index in [1.807, 2.05) is 6.20 Å². The average Bonchev–Trinajstić information content (AvgIpc) is 3.89. The molecule has 10 aromatic rings. The van der Waals surface area contributed by atoms with Gasteiger partial charge in [-0.3, -0.25) is 4.57 Å². The highest BCUT2D eigenvalue weighted by molar-refractivity contribution is 6.09.